The maximum absolute atomic E-state index is 12.7. The normalized spacial score (nSPS) is 17.3. The first-order valence-electron chi connectivity index (χ1n) is 7.29. The van der Waals surface area contributed by atoms with Gasteiger partial charge in [0.15, 0.2) is 0 Å². The lowest BCUT2D eigenvalue weighted by Gasteiger charge is -2.24. The van der Waals surface area contributed by atoms with Gasteiger partial charge in [-0.1, -0.05) is 23.5 Å². The standard InChI is InChI=1S/C16H16N2O4S/c1-22-12-5-2-4-11(10-12)13-6-3-9-17(13)16(19)14-7-8-15(23-14)18(20)21/h2,4-5,7-8,10,13H,3,6,9H2,1H3. The molecule has 120 valence electrons. The van der Waals surface area contributed by atoms with Crippen LogP contribution in [0.2, 0.25) is 0 Å². The Morgan fingerprint density at radius 3 is 2.91 bits per heavy atom. The molecule has 1 unspecified atom stereocenters. The zero-order chi connectivity index (χ0) is 16.4. The van der Waals surface area contributed by atoms with E-state index in [9.17, 15) is 14.9 Å². The third-order valence-corrected chi connectivity index (χ3v) is 5.00. The Hall–Kier alpha value is -2.41. The molecule has 0 aliphatic carbocycles. The molecule has 0 N–H and O–H groups in total. The molecular weight excluding hydrogens is 316 g/mol. The number of rotatable bonds is 4. The molecule has 0 bridgehead atoms. The third kappa shape index (κ3) is 3.05. The number of thiophene rings is 1. The third-order valence-electron chi connectivity index (χ3n) is 3.97. The van der Waals surface area contributed by atoms with Crippen molar-refractivity contribution in [2.24, 2.45) is 0 Å². The molecule has 1 atom stereocenters. The molecule has 23 heavy (non-hydrogen) atoms. The van der Waals surface area contributed by atoms with Crippen LogP contribution >= 0.6 is 11.3 Å². The first-order valence-corrected chi connectivity index (χ1v) is 8.11. The molecule has 0 spiro atoms. The van der Waals surface area contributed by atoms with Gasteiger partial charge in [-0.15, -0.1) is 0 Å². The van der Waals surface area contributed by atoms with Gasteiger partial charge in [0, 0.05) is 12.6 Å². The van der Waals surface area contributed by atoms with Crippen LogP contribution in [-0.4, -0.2) is 29.4 Å². The summed E-state index contributed by atoms with van der Waals surface area (Å²) in [5.41, 5.74) is 1.03. The lowest BCUT2D eigenvalue weighted by molar-refractivity contribution is -0.380. The van der Waals surface area contributed by atoms with Crippen molar-refractivity contribution in [3.63, 3.8) is 0 Å². The maximum atomic E-state index is 12.7. The molecular formula is C16H16N2O4S. The molecule has 0 radical (unpaired) electrons. The van der Waals surface area contributed by atoms with E-state index in [1.165, 1.54) is 12.1 Å². The van der Waals surface area contributed by atoms with Crippen LogP contribution in [0.15, 0.2) is 36.4 Å². The largest absolute Gasteiger partial charge is 0.497 e. The van der Waals surface area contributed by atoms with Gasteiger partial charge in [-0.25, -0.2) is 0 Å². The number of nitrogens with zero attached hydrogens (tertiary/aromatic N) is 2. The van der Waals surface area contributed by atoms with Gasteiger partial charge in [-0.05, 0) is 36.6 Å². The summed E-state index contributed by atoms with van der Waals surface area (Å²) in [6, 6.07) is 10.6. The topological polar surface area (TPSA) is 72.7 Å². The molecule has 2 heterocycles. The lowest BCUT2D eigenvalue weighted by atomic mass is 10.0. The van der Waals surface area contributed by atoms with Gasteiger partial charge in [0.05, 0.1) is 23.0 Å². The van der Waals surface area contributed by atoms with Crippen LogP contribution in [-0.2, 0) is 0 Å². The highest BCUT2D eigenvalue weighted by Gasteiger charge is 2.32. The SMILES string of the molecule is COc1cccc(C2CCCN2C(=O)c2ccc([N+](=O)[O-])s2)c1. The van der Waals surface area contributed by atoms with Crippen molar-refractivity contribution >= 4 is 22.2 Å². The van der Waals surface area contributed by atoms with Gasteiger partial charge in [0.25, 0.3) is 5.91 Å². The van der Waals surface area contributed by atoms with Crippen molar-refractivity contribution < 1.29 is 14.5 Å². The summed E-state index contributed by atoms with van der Waals surface area (Å²) >= 11 is 0.926. The average Bonchev–Trinajstić information content (AvgIpc) is 3.23. The van der Waals surface area contributed by atoms with E-state index >= 15 is 0 Å². The molecule has 1 aliphatic heterocycles. The molecule has 3 rings (SSSR count). The summed E-state index contributed by atoms with van der Waals surface area (Å²) in [5.74, 6) is 0.613. The van der Waals surface area contributed by atoms with Gasteiger partial charge in [0.1, 0.15) is 5.75 Å². The van der Waals surface area contributed by atoms with Crippen LogP contribution in [0, 0.1) is 10.1 Å². The Morgan fingerprint density at radius 2 is 2.22 bits per heavy atom. The minimum absolute atomic E-state index is 0.00882. The molecule has 7 heteroatoms. The van der Waals surface area contributed by atoms with Crippen LogP contribution in [0.3, 0.4) is 0 Å². The Labute approximate surface area is 137 Å². The number of methoxy groups -OCH3 is 1. The predicted octanol–water partition coefficient (Wildman–Crippen LogP) is 3.64. The Balaban J connectivity index is 1.85. The van der Waals surface area contributed by atoms with Gasteiger partial charge in [-0.3, -0.25) is 14.9 Å². The Bertz CT molecular complexity index is 743. The van der Waals surface area contributed by atoms with Gasteiger partial charge in [0.2, 0.25) is 0 Å². The number of carbonyl (C=O) groups excluding carboxylic acids is 1. The fraction of sp³-hybridized carbons (Fsp3) is 0.312. The number of ether oxygens (including phenoxy) is 1. The highest BCUT2D eigenvalue weighted by atomic mass is 32.1. The number of hydrogen-bond donors (Lipinski definition) is 0. The average molecular weight is 332 g/mol. The highest BCUT2D eigenvalue weighted by Crippen LogP contribution is 2.36. The number of benzene rings is 1. The van der Waals surface area contributed by atoms with E-state index in [0.29, 0.717) is 11.4 Å². The highest BCUT2D eigenvalue weighted by molar-refractivity contribution is 7.17. The second-order valence-corrected chi connectivity index (χ2v) is 6.39. The maximum Gasteiger partial charge on any atom is 0.324 e. The van der Waals surface area contributed by atoms with E-state index in [1.807, 2.05) is 24.3 Å². The monoisotopic (exact) mass is 332 g/mol. The van der Waals surface area contributed by atoms with E-state index in [1.54, 1.807) is 12.0 Å². The molecule has 1 aliphatic rings. The van der Waals surface area contributed by atoms with Crippen LogP contribution < -0.4 is 4.74 Å². The number of carbonyl (C=O) groups is 1. The van der Waals surface area contributed by atoms with Crippen molar-refractivity contribution in [3.05, 3.63) is 57.0 Å². The minimum Gasteiger partial charge on any atom is -0.497 e. The first-order chi connectivity index (χ1) is 11.1. The van der Waals surface area contributed by atoms with Crippen LogP contribution in [0.1, 0.15) is 34.1 Å². The molecule has 0 saturated carbocycles. The zero-order valence-corrected chi connectivity index (χ0v) is 13.4. The van der Waals surface area contributed by atoms with Crippen molar-refractivity contribution in [2.75, 3.05) is 13.7 Å². The van der Waals surface area contributed by atoms with Gasteiger partial charge in [-0.2, -0.15) is 0 Å². The van der Waals surface area contributed by atoms with Gasteiger partial charge >= 0.3 is 5.00 Å². The van der Waals surface area contributed by atoms with E-state index in [2.05, 4.69) is 0 Å². The fourth-order valence-electron chi connectivity index (χ4n) is 2.89. The van der Waals surface area contributed by atoms with Crippen molar-refractivity contribution in [3.8, 4) is 5.75 Å². The van der Waals surface area contributed by atoms with E-state index in [-0.39, 0.29) is 17.0 Å². The van der Waals surface area contributed by atoms with E-state index in [0.717, 1.165) is 35.5 Å². The first kappa shape index (κ1) is 15.5. The van der Waals surface area contributed by atoms with Crippen LogP contribution in [0.25, 0.3) is 0 Å². The molecule has 1 fully saturated rings. The zero-order valence-electron chi connectivity index (χ0n) is 12.6. The van der Waals surface area contributed by atoms with E-state index in [4.69, 9.17) is 4.74 Å². The Morgan fingerprint density at radius 1 is 1.39 bits per heavy atom. The van der Waals surface area contributed by atoms with Crippen LogP contribution in [0.5, 0.6) is 5.75 Å². The molecule has 1 aromatic carbocycles. The number of likely N-dealkylation sites (tertiary alicyclic amines) is 1. The summed E-state index contributed by atoms with van der Waals surface area (Å²) < 4.78 is 5.25. The summed E-state index contributed by atoms with van der Waals surface area (Å²) in [6.45, 7) is 0.659. The van der Waals surface area contributed by atoms with Crippen molar-refractivity contribution in [2.45, 2.75) is 18.9 Å². The molecule has 2 aromatic rings. The second-order valence-electron chi connectivity index (χ2n) is 5.33. The van der Waals surface area contributed by atoms with Crippen LogP contribution in [0.4, 0.5) is 5.00 Å². The Kier molecular flexibility index (Phi) is 4.29. The number of hydrogen-bond acceptors (Lipinski definition) is 5. The lowest BCUT2D eigenvalue weighted by Crippen LogP contribution is -2.29. The summed E-state index contributed by atoms with van der Waals surface area (Å²) in [4.78, 5) is 25.2. The molecule has 1 saturated heterocycles. The quantitative estimate of drug-likeness (QED) is 0.633. The number of nitro groups is 1. The van der Waals surface area contributed by atoms with Crippen molar-refractivity contribution in [1.82, 2.24) is 4.90 Å². The summed E-state index contributed by atoms with van der Waals surface area (Å²) in [5, 5.41) is 10.8. The molecule has 1 amide bonds. The minimum atomic E-state index is -0.467. The molecule has 1 aromatic heterocycles. The number of amides is 1. The summed E-state index contributed by atoms with van der Waals surface area (Å²) in [7, 11) is 1.61. The summed E-state index contributed by atoms with van der Waals surface area (Å²) in [6.07, 6.45) is 1.80. The smallest absolute Gasteiger partial charge is 0.324 e. The van der Waals surface area contributed by atoms with E-state index < -0.39 is 4.92 Å². The molecule has 6 nitrogen and oxygen atoms in total. The predicted molar refractivity (Wildman–Crippen MR) is 87.0 cm³/mol. The van der Waals surface area contributed by atoms with Gasteiger partial charge < -0.3 is 9.64 Å². The second kappa shape index (κ2) is 6.37. The fourth-order valence-corrected chi connectivity index (χ4v) is 3.66. The van der Waals surface area contributed by atoms with Crippen molar-refractivity contribution in [1.29, 1.82) is 0 Å².